The van der Waals surface area contributed by atoms with E-state index in [2.05, 4.69) is 4.74 Å². The SMILES string of the molecule is CCOC(=O)CC(=O)C=C(O)CC(C)C. The van der Waals surface area contributed by atoms with Crippen LogP contribution in [0, 0.1) is 5.92 Å². The van der Waals surface area contributed by atoms with Crippen LogP contribution in [0.25, 0.3) is 0 Å². The molecule has 0 saturated heterocycles. The average molecular weight is 214 g/mol. The smallest absolute Gasteiger partial charge is 0.313 e. The minimum atomic E-state index is -0.559. The normalized spacial score (nSPS) is 11.6. The van der Waals surface area contributed by atoms with Crippen LogP contribution in [-0.4, -0.2) is 23.5 Å². The van der Waals surface area contributed by atoms with Crippen molar-refractivity contribution in [3.63, 3.8) is 0 Å². The molecule has 0 unspecified atom stereocenters. The van der Waals surface area contributed by atoms with Crippen molar-refractivity contribution in [3.05, 3.63) is 11.8 Å². The molecular weight excluding hydrogens is 196 g/mol. The lowest BCUT2D eigenvalue weighted by Crippen LogP contribution is -2.10. The molecule has 0 saturated carbocycles. The molecule has 0 fully saturated rings. The van der Waals surface area contributed by atoms with Crippen LogP contribution in [0.15, 0.2) is 11.8 Å². The Hall–Kier alpha value is -1.32. The Bertz CT molecular complexity index is 253. The maximum absolute atomic E-state index is 11.2. The van der Waals surface area contributed by atoms with Gasteiger partial charge in [-0.25, -0.2) is 0 Å². The molecule has 0 aromatic carbocycles. The highest BCUT2D eigenvalue weighted by molar-refractivity contribution is 6.02. The lowest BCUT2D eigenvalue weighted by atomic mass is 10.1. The van der Waals surface area contributed by atoms with Crippen LogP contribution in [0.3, 0.4) is 0 Å². The maximum atomic E-state index is 11.2. The molecule has 0 spiro atoms. The number of rotatable bonds is 6. The molecule has 0 atom stereocenters. The Labute approximate surface area is 89.9 Å². The number of carbonyl (C=O) groups excluding carboxylic acids is 2. The summed E-state index contributed by atoms with van der Waals surface area (Å²) in [5.74, 6) is -0.696. The lowest BCUT2D eigenvalue weighted by Gasteiger charge is -2.03. The number of ether oxygens (including phenoxy) is 1. The van der Waals surface area contributed by atoms with Crippen molar-refractivity contribution < 1.29 is 19.4 Å². The third-order valence-corrected chi connectivity index (χ3v) is 1.57. The van der Waals surface area contributed by atoms with Crippen LogP contribution >= 0.6 is 0 Å². The second-order valence-electron chi connectivity index (χ2n) is 3.68. The standard InChI is InChI=1S/C11H18O4/c1-4-15-11(14)7-10(13)6-9(12)5-8(2)3/h6,8,12H,4-5,7H2,1-3H3. The Balaban J connectivity index is 4.06. The number of ketones is 1. The molecule has 0 aliphatic heterocycles. The van der Waals surface area contributed by atoms with E-state index in [4.69, 9.17) is 0 Å². The lowest BCUT2D eigenvalue weighted by molar-refractivity contribution is -0.144. The number of aliphatic hydroxyl groups is 1. The second kappa shape index (κ2) is 7.04. The molecule has 1 N–H and O–H groups in total. The van der Waals surface area contributed by atoms with Gasteiger partial charge >= 0.3 is 5.97 Å². The third kappa shape index (κ3) is 7.73. The first kappa shape index (κ1) is 13.7. The van der Waals surface area contributed by atoms with Crippen LogP contribution < -0.4 is 0 Å². The van der Waals surface area contributed by atoms with Gasteiger partial charge in [0.25, 0.3) is 0 Å². The summed E-state index contributed by atoms with van der Waals surface area (Å²) in [5.41, 5.74) is 0. The summed E-state index contributed by atoms with van der Waals surface area (Å²) < 4.78 is 4.60. The molecule has 15 heavy (non-hydrogen) atoms. The Morgan fingerprint density at radius 2 is 2.00 bits per heavy atom. The monoisotopic (exact) mass is 214 g/mol. The Morgan fingerprint density at radius 3 is 2.47 bits per heavy atom. The number of carbonyl (C=O) groups is 2. The molecule has 0 aromatic rings. The summed E-state index contributed by atoms with van der Waals surface area (Å²) in [6.07, 6.45) is 1.22. The van der Waals surface area contributed by atoms with Crippen LogP contribution in [0.5, 0.6) is 0 Å². The van der Waals surface area contributed by atoms with E-state index in [0.717, 1.165) is 6.08 Å². The first-order valence-corrected chi connectivity index (χ1v) is 5.03. The van der Waals surface area contributed by atoms with E-state index in [1.165, 1.54) is 0 Å². The Morgan fingerprint density at radius 1 is 1.40 bits per heavy atom. The van der Waals surface area contributed by atoms with E-state index >= 15 is 0 Å². The summed E-state index contributed by atoms with van der Waals surface area (Å²) in [7, 11) is 0. The van der Waals surface area contributed by atoms with Crippen LogP contribution in [0.4, 0.5) is 0 Å². The molecule has 0 amide bonds. The molecule has 86 valence electrons. The summed E-state index contributed by atoms with van der Waals surface area (Å²) in [5, 5.41) is 9.32. The number of aliphatic hydroxyl groups excluding tert-OH is 1. The molecule has 0 aliphatic carbocycles. The van der Waals surface area contributed by atoms with E-state index in [-0.39, 0.29) is 24.7 Å². The van der Waals surface area contributed by atoms with E-state index < -0.39 is 11.8 Å². The van der Waals surface area contributed by atoms with Crippen molar-refractivity contribution in [2.45, 2.75) is 33.6 Å². The largest absolute Gasteiger partial charge is 0.512 e. The van der Waals surface area contributed by atoms with Crippen molar-refractivity contribution in [1.82, 2.24) is 0 Å². The van der Waals surface area contributed by atoms with E-state index in [1.54, 1.807) is 6.92 Å². The third-order valence-electron chi connectivity index (χ3n) is 1.57. The van der Waals surface area contributed by atoms with Gasteiger partial charge in [-0.05, 0) is 12.8 Å². The summed E-state index contributed by atoms with van der Waals surface area (Å²) in [4.78, 5) is 22.1. The first-order chi connectivity index (χ1) is 6.95. The minimum absolute atomic E-state index is 0.0132. The molecule has 4 heteroatoms. The zero-order valence-corrected chi connectivity index (χ0v) is 9.45. The molecule has 0 radical (unpaired) electrons. The highest BCUT2D eigenvalue weighted by Crippen LogP contribution is 2.07. The van der Waals surface area contributed by atoms with Crippen LogP contribution in [0.2, 0.25) is 0 Å². The second-order valence-corrected chi connectivity index (χ2v) is 3.68. The highest BCUT2D eigenvalue weighted by Gasteiger charge is 2.09. The predicted octanol–water partition coefficient (Wildman–Crippen LogP) is 2.00. The van der Waals surface area contributed by atoms with Gasteiger partial charge in [0, 0.05) is 12.5 Å². The molecule has 0 aliphatic rings. The van der Waals surface area contributed by atoms with E-state index in [1.807, 2.05) is 13.8 Å². The fraction of sp³-hybridized carbons (Fsp3) is 0.636. The van der Waals surface area contributed by atoms with Gasteiger partial charge in [-0.15, -0.1) is 0 Å². The van der Waals surface area contributed by atoms with Crippen molar-refractivity contribution in [1.29, 1.82) is 0 Å². The molecule has 4 nitrogen and oxygen atoms in total. The average Bonchev–Trinajstić information content (AvgIpc) is 2.00. The fourth-order valence-corrected chi connectivity index (χ4v) is 1.07. The zero-order valence-electron chi connectivity index (χ0n) is 9.45. The molecule has 0 heterocycles. The van der Waals surface area contributed by atoms with E-state index in [9.17, 15) is 14.7 Å². The van der Waals surface area contributed by atoms with Gasteiger partial charge in [0.15, 0.2) is 5.78 Å². The Kier molecular flexibility index (Phi) is 6.42. The van der Waals surface area contributed by atoms with Gasteiger partial charge < -0.3 is 9.84 Å². The predicted molar refractivity (Wildman–Crippen MR) is 56.4 cm³/mol. The summed E-state index contributed by atoms with van der Waals surface area (Å²) in [6, 6.07) is 0. The molecular formula is C11H18O4. The van der Waals surface area contributed by atoms with Gasteiger partial charge in [0.05, 0.1) is 12.4 Å². The first-order valence-electron chi connectivity index (χ1n) is 5.03. The summed E-state index contributed by atoms with van der Waals surface area (Å²) >= 11 is 0. The van der Waals surface area contributed by atoms with Crippen molar-refractivity contribution in [2.24, 2.45) is 5.92 Å². The molecule has 0 aromatic heterocycles. The summed E-state index contributed by atoms with van der Waals surface area (Å²) in [6.45, 7) is 5.79. The van der Waals surface area contributed by atoms with Crippen LogP contribution in [0.1, 0.15) is 33.6 Å². The zero-order chi connectivity index (χ0) is 11.8. The molecule has 0 bridgehead atoms. The topological polar surface area (TPSA) is 63.6 Å². The number of allylic oxidation sites excluding steroid dienone is 2. The fourth-order valence-electron chi connectivity index (χ4n) is 1.07. The minimum Gasteiger partial charge on any atom is -0.512 e. The molecule has 0 rings (SSSR count). The number of hydrogen-bond acceptors (Lipinski definition) is 4. The number of esters is 1. The van der Waals surface area contributed by atoms with Gasteiger partial charge in [-0.3, -0.25) is 9.59 Å². The van der Waals surface area contributed by atoms with Crippen molar-refractivity contribution in [3.8, 4) is 0 Å². The van der Waals surface area contributed by atoms with Gasteiger partial charge in [-0.2, -0.15) is 0 Å². The van der Waals surface area contributed by atoms with Crippen molar-refractivity contribution in [2.75, 3.05) is 6.61 Å². The quantitative estimate of drug-likeness (QED) is 0.318. The highest BCUT2D eigenvalue weighted by atomic mass is 16.5. The van der Waals surface area contributed by atoms with Crippen molar-refractivity contribution >= 4 is 11.8 Å². The van der Waals surface area contributed by atoms with E-state index in [0.29, 0.717) is 6.42 Å². The number of hydrogen-bond donors (Lipinski definition) is 1. The maximum Gasteiger partial charge on any atom is 0.313 e. The van der Waals surface area contributed by atoms with Gasteiger partial charge in [0.1, 0.15) is 6.42 Å². The van der Waals surface area contributed by atoms with Gasteiger partial charge in [0.2, 0.25) is 0 Å². The van der Waals surface area contributed by atoms with Crippen LogP contribution in [-0.2, 0) is 14.3 Å². The van der Waals surface area contributed by atoms with Gasteiger partial charge in [-0.1, -0.05) is 13.8 Å².